The Morgan fingerprint density at radius 2 is 1.92 bits per heavy atom. The molecule has 1 aromatic carbocycles. The molecule has 3 aromatic rings. The zero-order valence-electron chi connectivity index (χ0n) is 13.7. The van der Waals surface area contributed by atoms with Crippen molar-refractivity contribution in [2.75, 3.05) is 6.54 Å². The minimum absolute atomic E-state index is 0.0778. The number of carboxylic acid groups (broad SMARTS) is 1. The van der Waals surface area contributed by atoms with Gasteiger partial charge in [-0.25, -0.2) is 4.98 Å². The number of nitrogens with zero attached hydrogens (tertiary/aromatic N) is 2. The van der Waals surface area contributed by atoms with Gasteiger partial charge in [-0.05, 0) is 12.1 Å². The number of fused-ring (bicyclic) bond motifs is 1. The maximum Gasteiger partial charge on any atom is 0.305 e. The number of nitrogens with one attached hydrogen (secondary N) is 1. The highest BCUT2D eigenvalue weighted by Gasteiger charge is 2.10. The lowest BCUT2D eigenvalue weighted by molar-refractivity contribution is -0.136. The number of carboxylic acids is 1. The third kappa shape index (κ3) is 3.86. The number of benzene rings is 1. The molecule has 1 amide bonds. The second kappa shape index (κ2) is 7.32. The number of hydrogen-bond acceptors (Lipinski definition) is 4. The summed E-state index contributed by atoms with van der Waals surface area (Å²) in [5, 5.41) is 11.2. The first-order chi connectivity index (χ1) is 12.4. The molecule has 0 aliphatic carbocycles. The Labute approximate surface area is 154 Å². The van der Waals surface area contributed by atoms with Gasteiger partial charge in [0.15, 0.2) is 0 Å². The molecule has 2 aromatic heterocycles. The second-order valence-electron chi connectivity index (χ2n) is 5.65. The second-order valence-corrected chi connectivity index (χ2v) is 6.09. The van der Waals surface area contributed by atoms with Crippen LogP contribution in [-0.2, 0) is 4.79 Å². The Bertz CT molecular complexity index is 995. The van der Waals surface area contributed by atoms with Crippen LogP contribution in [0.15, 0.2) is 48.8 Å². The Balaban J connectivity index is 1.81. The van der Waals surface area contributed by atoms with Crippen molar-refractivity contribution >= 4 is 34.7 Å². The highest BCUT2D eigenvalue weighted by molar-refractivity contribution is 7.80. The van der Waals surface area contributed by atoms with E-state index in [1.165, 1.54) is 0 Å². The van der Waals surface area contributed by atoms with E-state index in [1.807, 2.05) is 34.9 Å². The molecule has 0 aliphatic rings. The van der Waals surface area contributed by atoms with E-state index >= 15 is 0 Å². The lowest BCUT2D eigenvalue weighted by Gasteiger charge is -2.03. The van der Waals surface area contributed by atoms with Gasteiger partial charge in [0.1, 0.15) is 10.6 Å². The van der Waals surface area contributed by atoms with Gasteiger partial charge in [-0.1, -0.05) is 36.5 Å². The summed E-state index contributed by atoms with van der Waals surface area (Å²) in [6, 6.07) is 10.8. The number of thiocarbonyl (C=S) groups is 1. The summed E-state index contributed by atoms with van der Waals surface area (Å²) in [6.45, 7) is 0.0778. The van der Waals surface area contributed by atoms with Crippen LogP contribution in [0.4, 0.5) is 0 Å². The van der Waals surface area contributed by atoms with Crippen molar-refractivity contribution in [1.29, 1.82) is 0 Å². The highest BCUT2D eigenvalue weighted by atomic mass is 32.1. The molecule has 0 fully saturated rings. The maximum absolute atomic E-state index is 12.1. The smallest absolute Gasteiger partial charge is 0.305 e. The van der Waals surface area contributed by atoms with Gasteiger partial charge in [0.25, 0.3) is 5.91 Å². The summed E-state index contributed by atoms with van der Waals surface area (Å²) in [5.41, 5.74) is 9.08. The number of nitrogens with two attached hydrogens (primary N) is 1. The predicted octanol–water partition coefficient (Wildman–Crippen LogP) is 1.84. The number of pyridine rings is 1. The van der Waals surface area contributed by atoms with Crippen LogP contribution in [0.5, 0.6) is 0 Å². The molecule has 0 aliphatic heterocycles. The van der Waals surface area contributed by atoms with E-state index < -0.39 is 5.97 Å². The van der Waals surface area contributed by atoms with Crippen LogP contribution in [0.3, 0.4) is 0 Å². The highest BCUT2D eigenvalue weighted by Crippen LogP contribution is 2.20. The van der Waals surface area contributed by atoms with Gasteiger partial charge in [-0.3, -0.25) is 9.59 Å². The van der Waals surface area contributed by atoms with Crippen molar-refractivity contribution in [2.24, 2.45) is 5.73 Å². The number of aliphatic carboxylic acids is 1. The maximum atomic E-state index is 12.1. The standard InChI is InChI=1S/C18H16N4O3S/c19-17(26)12-3-1-11(2-4-12)14-10-22-8-6-13(9-15(22)21-14)18(25)20-7-5-16(23)24/h1-4,6,8-10H,5,7H2,(H2,19,26)(H,20,25)(H,23,24). The monoisotopic (exact) mass is 368 g/mol. The fourth-order valence-corrected chi connectivity index (χ4v) is 2.59. The minimum atomic E-state index is -0.958. The molecule has 0 spiro atoms. The van der Waals surface area contributed by atoms with Gasteiger partial charge in [0.05, 0.1) is 12.1 Å². The molecule has 0 unspecified atom stereocenters. The van der Waals surface area contributed by atoms with Gasteiger partial charge in [0, 0.05) is 35.6 Å². The summed E-state index contributed by atoms with van der Waals surface area (Å²) in [6.07, 6.45) is 3.47. The molecule has 2 heterocycles. The first-order valence-electron chi connectivity index (χ1n) is 7.83. The molecule has 0 radical (unpaired) electrons. The number of imidazole rings is 1. The Kier molecular flexibility index (Phi) is 4.94. The van der Waals surface area contributed by atoms with E-state index in [9.17, 15) is 9.59 Å². The first kappa shape index (κ1) is 17.6. The average Bonchev–Trinajstić information content (AvgIpc) is 3.04. The number of carbonyl (C=O) groups excluding carboxylic acids is 1. The predicted molar refractivity (Wildman–Crippen MR) is 101 cm³/mol. The van der Waals surface area contributed by atoms with Crippen LogP contribution in [-0.4, -0.2) is 37.9 Å². The van der Waals surface area contributed by atoms with E-state index in [0.29, 0.717) is 16.2 Å². The van der Waals surface area contributed by atoms with Crippen molar-refractivity contribution in [2.45, 2.75) is 6.42 Å². The fraction of sp³-hybridized carbons (Fsp3) is 0.111. The molecule has 132 valence electrons. The number of carbonyl (C=O) groups is 2. The Hall–Kier alpha value is -3.26. The van der Waals surface area contributed by atoms with Crippen LogP contribution >= 0.6 is 12.2 Å². The SMILES string of the molecule is NC(=S)c1ccc(-c2cn3ccc(C(=O)NCCC(=O)O)cc3n2)cc1. The molecule has 26 heavy (non-hydrogen) atoms. The van der Waals surface area contributed by atoms with Gasteiger partial charge >= 0.3 is 5.97 Å². The molecule has 0 saturated carbocycles. The minimum Gasteiger partial charge on any atom is -0.481 e. The van der Waals surface area contributed by atoms with E-state index in [-0.39, 0.29) is 18.9 Å². The van der Waals surface area contributed by atoms with Crippen molar-refractivity contribution in [3.05, 3.63) is 59.9 Å². The lowest BCUT2D eigenvalue weighted by atomic mass is 10.1. The molecule has 3 rings (SSSR count). The van der Waals surface area contributed by atoms with Crippen molar-refractivity contribution < 1.29 is 14.7 Å². The van der Waals surface area contributed by atoms with Gasteiger partial charge < -0.3 is 20.6 Å². The number of rotatable bonds is 6. The summed E-state index contributed by atoms with van der Waals surface area (Å²) in [7, 11) is 0. The van der Waals surface area contributed by atoms with Gasteiger partial charge in [-0.15, -0.1) is 0 Å². The fourth-order valence-electron chi connectivity index (χ4n) is 2.45. The van der Waals surface area contributed by atoms with Crippen molar-refractivity contribution in [3.63, 3.8) is 0 Å². The zero-order valence-corrected chi connectivity index (χ0v) is 14.5. The molecule has 7 nitrogen and oxygen atoms in total. The largest absolute Gasteiger partial charge is 0.481 e. The summed E-state index contributed by atoms with van der Waals surface area (Å²) in [4.78, 5) is 27.5. The Morgan fingerprint density at radius 3 is 2.58 bits per heavy atom. The normalized spacial score (nSPS) is 10.6. The number of aromatic nitrogens is 2. The molecule has 0 bridgehead atoms. The van der Waals surface area contributed by atoms with Gasteiger partial charge in [0.2, 0.25) is 0 Å². The Morgan fingerprint density at radius 1 is 1.19 bits per heavy atom. The van der Waals surface area contributed by atoms with Crippen LogP contribution in [0.2, 0.25) is 0 Å². The van der Waals surface area contributed by atoms with Crippen molar-refractivity contribution in [1.82, 2.24) is 14.7 Å². The quantitative estimate of drug-likeness (QED) is 0.573. The molecular formula is C18H16N4O3S. The summed E-state index contributed by atoms with van der Waals surface area (Å²) in [5.74, 6) is -1.29. The number of hydrogen-bond donors (Lipinski definition) is 3. The average molecular weight is 368 g/mol. The van der Waals surface area contributed by atoms with Gasteiger partial charge in [-0.2, -0.15) is 0 Å². The summed E-state index contributed by atoms with van der Waals surface area (Å²) < 4.78 is 1.81. The molecule has 0 saturated heterocycles. The van der Waals surface area contributed by atoms with E-state index in [2.05, 4.69) is 10.3 Å². The third-order valence-electron chi connectivity index (χ3n) is 3.81. The lowest BCUT2D eigenvalue weighted by Crippen LogP contribution is -2.26. The topological polar surface area (TPSA) is 110 Å². The van der Waals surface area contributed by atoms with Crippen LogP contribution in [0, 0.1) is 0 Å². The van der Waals surface area contributed by atoms with Crippen LogP contribution in [0.1, 0.15) is 22.3 Å². The molecule has 8 heteroatoms. The van der Waals surface area contributed by atoms with Crippen molar-refractivity contribution in [3.8, 4) is 11.3 Å². The summed E-state index contributed by atoms with van der Waals surface area (Å²) >= 11 is 4.95. The number of amides is 1. The van der Waals surface area contributed by atoms with E-state index in [0.717, 1.165) is 16.8 Å². The molecule has 4 N–H and O–H groups in total. The van der Waals surface area contributed by atoms with E-state index in [1.54, 1.807) is 18.3 Å². The van der Waals surface area contributed by atoms with Crippen LogP contribution in [0.25, 0.3) is 16.9 Å². The molecular weight excluding hydrogens is 352 g/mol. The molecule has 0 atom stereocenters. The third-order valence-corrected chi connectivity index (χ3v) is 4.05. The van der Waals surface area contributed by atoms with E-state index in [4.69, 9.17) is 23.1 Å². The zero-order chi connectivity index (χ0) is 18.7. The van der Waals surface area contributed by atoms with Crippen LogP contribution < -0.4 is 11.1 Å². The first-order valence-corrected chi connectivity index (χ1v) is 8.24.